The van der Waals surface area contributed by atoms with E-state index >= 15 is 0 Å². The minimum Gasteiger partial charge on any atom is -0.135 e. The summed E-state index contributed by atoms with van der Waals surface area (Å²) in [6.45, 7) is 0. The molecule has 0 atom stereocenters. The van der Waals surface area contributed by atoms with E-state index in [9.17, 15) is 0 Å². The van der Waals surface area contributed by atoms with E-state index in [1.807, 2.05) is 11.3 Å². The van der Waals surface area contributed by atoms with Crippen molar-refractivity contribution >= 4 is 43.1 Å². The van der Waals surface area contributed by atoms with Gasteiger partial charge < -0.3 is 0 Å². The van der Waals surface area contributed by atoms with E-state index in [2.05, 4.69) is 54.6 Å². The molecule has 5 aliphatic carbocycles. The van der Waals surface area contributed by atoms with Crippen molar-refractivity contribution in [2.75, 3.05) is 0 Å². The lowest BCUT2D eigenvalue weighted by molar-refractivity contribution is -0.0393. The monoisotopic (exact) mass is 426 g/mol. The van der Waals surface area contributed by atoms with Crippen LogP contribution in [0.4, 0.5) is 0 Å². The lowest BCUT2D eigenvalue weighted by Gasteiger charge is -2.61. The second-order valence-electron chi connectivity index (χ2n) is 10.3. The van der Waals surface area contributed by atoms with E-state index in [1.165, 1.54) is 58.7 Å². The molecule has 5 aliphatic rings. The smallest absolute Gasteiger partial charge is 0.0409 e. The van der Waals surface area contributed by atoms with Crippen LogP contribution in [0.15, 0.2) is 54.6 Å². The Labute approximate surface area is 185 Å². The molecule has 148 valence electrons. The van der Waals surface area contributed by atoms with E-state index in [-0.39, 0.29) is 5.41 Å². The quantitative estimate of drug-likeness (QED) is 0.264. The van der Waals surface area contributed by atoms with Gasteiger partial charge in [-0.3, -0.25) is 0 Å². The SMILES string of the molecule is Clc1ccc2c(c1)C1(c3c-2ccc2c3sc3ccccc32)C2CC3CC(C2)CC1C3. The van der Waals surface area contributed by atoms with Crippen LogP contribution in [-0.2, 0) is 5.41 Å². The minimum atomic E-state index is 0.184. The predicted molar refractivity (Wildman–Crippen MR) is 128 cm³/mol. The lowest BCUT2D eigenvalue weighted by Crippen LogP contribution is -2.55. The van der Waals surface area contributed by atoms with Crippen molar-refractivity contribution in [3.63, 3.8) is 0 Å². The molecule has 1 heterocycles. The molecule has 3 aromatic carbocycles. The highest BCUT2D eigenvalue weighted by molar-refractivity contribution is 7.26. The Kier molecular flexibility index (Phi) is 3.08. The van der Waals surface area contributed by atoms with Crippen LogP contribution in [-0.4, -0.2) is 0 Å². The number of hydrogen-bond donors (Lipinski definition) is 0. The summed E-state index contributed by atoms with van der Waals surface area (Å²) in [6, 6.07) is 20.6. The first-order valence-corrected chi connectivity index (χ1v) is 12.7. The third kappa shape index (κ3) is 1.83. The number of fused-ring (bicyclic) bond motifs is 7. The number of hydrogen-bond acceptors (Lipinski definition) is 1. The summed E-state index contributed by atoms with van der Waals surface area (Å²) in [5.41, 5.74) is 6.37. The summed E-state index contributed by atoms with van der Waals surface area (Å²) >= 11 is 8.67. The van der Waals surface area contributed by atoms with Gasteiger partial charge in [-0.2, -0.15) is 0 Å². The zero-order valence-corrected chi connectivity index (χ0v) is 18.4. The van der Waals surface area contributed by atoms with Crippen LogP contribution >= 0.6 is 22.9 Å². The highest BCUT2D eigenvalue weighted by Gasteiger charge is 2.62. The molecular formula is C28H23ClS. The minimum absolute atomic E-state index is 0.184. The third-order valence-electron chi connectivity index (χ3n) is 9.10. The Morgan fingerprint density at radius 1 is 0.767 bits per heavy atom. The average Bonchev–Trinajstić information content (AvgIpc) is 3.25. The summed E-state index contributed by atoms with van der Waals surface area (Å²) in [7, 11) is 0. The number of thiophene rings is 1. The number of halogens is 1. The summed E-state index contributed by atoms with van der Waals surface area (Å²) in [5, 5.41) is 3.79. The fourth-order valence-corrected chi connectivity index (χ4v) is 9.92. The predicted octanol–water partition coefficient (Wildman–Crippen LogP) is 8.43. The van der Waals surface area contributed by atoms with Crippen molar-refractivity contribution in [1.29, 1.82) is 0 Å². The average molecular weight is 427 g/mol. The van der Waals surface area contributed by atoms with Gasteiger partial charge in [0.05, 0.1) is 0 Å². The standard InChI is InChI=1S/C28H23ClS/c29-19-5-6-20-22-7-8-23-21-3-1-2-4-25(21)30-27(23)26(22)28(24(20)14-19)17-10-15-9-16(12-17)13-18(28)11-15/h1-8,14-18H,9-13H2. The molecule has 9 rings (SSSR count). The molecule has 0 amide bonds. The van der Waals surface area contributed by atoms with Crippen molar-refractivity contribution in [3.05, 3.63) is 70.7 Å². The van der Waals surface area contributed by atoms with Gasteiger partial charge in [-0.25, -0.2) is 0 Å². The summed E-state index contributed by atoms with van der Waals surface area (Å²) in [6.07, 6.45) is 7.16. The van der Waals surface area contributed by atoms with Gasteiger partial charge in [0.1, 0.15) is 0 Å². The van der Waals surface area contributed by atoms with Crippen LogP contribution in [0, 0.1) is 23.7 Å². The van der Waals surface area contributed by atoms with E-state index in [0.717, 1.165) is 28.7 Å². The van der Waals surface area contributed by atoms with E-state index in [1.54, 1.807) is 15.8 Å². The highest BCUT2D eigenvalue weighted by Crippen LogP contribution is 2.70. The van der Waals surface area contributed by atoms with Crippen LogP contribution in [0.2, 0.25) is 5.02 Å². The Bertz CT molecular complexity index is 1350. The normalized spacial score (nSPS) is 33.0. The first-order valence-electron chi connectivity index (χ1n) is 11.5. The summed E-state index contributed by atoms with van der Waals surface area (Å²) < 4.78 is 2.97. The first kappa shape index (κ1) is 16.8. The molecule has 0 aliphatic heterocycles. The van der Waals surface area contributed by atoms with Crippen LogP contribution in [0.3, 0.4) is 0 Å². The van der Waals surface area contributed by atoms with Gasteiger partial charge in [0.25, 0.3) is 0 Å². The van der Waals surface area contributed by atoms with Crippen molar-refractivity contribution < 1.29 is 0 Å². The third-order valence-corrected chi connectivity index (χ3v) is 10.5. The second-order valence-corrected chi connectivity index (χ2v) is 11.8. The fourth-order valence-electron chi connectivity index (χ4n) is 8.43. The number of benzene rings is 3. The van der Waals surface area contributed by atoms with Gasteiger partial charge in [0, 0.05) is 30.6 Å². The Balaban J connectivity index is 1.54. The van der Waals surface area contributed by atoms with E-state index in [4.69, 9.17) is 11.6 Å². The molecule has 4 aromatic rings. The Morgan fingerprint density at radius 2 is 1.50 bits per heavy atom. The van der Waals surface area contributed by atoms with Crippen LogP contribution in [0.25, 0.3) is 31.3 Å². The van der Waals surface area contributed by atoms with Crippen molar-refractivity contribution in [3.8, 4) is 11.1 Å². The molecule has 4 fully saturated rings. The molecule has 4 saturated carbocycles. The van der Waals surface area contributed by atoms with Gasteiger partial charge in [-0.05, 0) is 96.2 Å². The maximum atomic E-state index is 6.65. The van der Waals surface area contributed by atoms with Crippen molar-refractivity contribution in [2.24, 2.45) is 23.7 Å². The molecule has 1 spiro atoms. The van der Waals surface area contributed by atoms with Crippen molar-refractivity contribution in [2.45, 2.75) is 37.5 Å². The zero-order chi connectivity index (χ0) is 19.6. The largest absolute Gasteiger partial charge is 0.135 e. The molecule has 30 heavy (non-hydrogen) atoms. The molecule has 0 unspecified atom stereocenters. The van der Waals surface area contributed by atoms with Gasteiger partial charge in [0.15, 0.2) is 0 Å². The van der Waals surface area contributed by atoms with Crippen LogP contribution < -0.4 is 0 Å². The topological polar surface area (TPSA) is 0 Å². The molecule has 0 radical (unpaired) electrons. The molecule has 0 N–H and O–H groups in total. The summed E-state index contributed by atoms with van der Waals surface area (Å²) in [4.78, 5) is 0. The number of rotatable bonds is 0. The molecule has 0 saturated heterocycles. The molecule has 4 bridgehead atoms. The first-order chi connectivity index (χ1) is 14.7. The van der Waals surface area contributed by atoms with Crippen molar-refractivity contribution in [1.82, 2.24) is 0 Å². The lowest BCUT2D eigenvalue weighted by atomic mass is 9.43. The molecular weight excluding hydrogens is 404 g/mol. The molecule has 2 heteroatoms. The van der Waals surface area contributed by atoms with Crippen LogP contribution in [0.1, 0.15) is 43.2 Å². The van der Waals surface area contributed by atoms with Gasteiger partial charge in [-0.1, -0.05) is 48.0 Å². The fraction of sp³-hybridized carbons (Fsp3) is 0.357. The van der Waals surface area contributed by atoms with Crippen LogP contribution in [0.5, 0.6) is 0 Å². The Morgan fingerprint density at radius 3 is 2.30 bits per heavy atom. The van der Waals surface area contributed by atoms with E-state index < -0.39 is 0 Å². The van der Waals surface area contributed by atoms with E-state index in [0.29, 0.717) is 0 Å². The van der Waals surface area contributed by atoms with Gasteiger partial charge >= 0.3 is 0 Å². The molecule has 0 nitrogen and oxygen atoms in total. The maximum Gasteiger partial charge on any atom is 0.0409 e. The Hall–Kier alpha value is -1.83. The van der Waals surface area contributed by atoms with Gasteiger partial charge in [0.2, 0.25) is 0 Å². The zero-order valence-electron chi connectivity index (χ0n) is 16.8. The second kappa shape index (κ2) is 5.50. The molecule has 1 aromatic heterocycles. The summed E-state index contributed by atoms with van der Waals surface area (Å²) in [5.74, 6) is 3.49. The van der Waals surface area contributed by atoms with Gasteiger partial charge in [-0.15, -0.1) is 11.3 Å². The maximum absolute atomic E-state index is 6.65. The highest BCUT2D eigenvalue weighted by atomic mass is 35.5.